The fourth-order valence-corrected chi connectivity index (χ4v) is 3.18. The van der Waals surface area contributed by atoms with Gasteiger partial charge in [0.1, 0.15) is 11.5 Å². The second kappa shape index (κ2) is 7.96. The molecule has 1 aliphatic heterocycles. The highest BCUT2D eigenvalue weighted by atomic mass is 16.3. The fraction of sp³-hybridized carbons (Fsp3) is 0.611. The molecule has 1 saturated heterocycles. The van der Waals surface area contributed by atoms with Crippen LogP contribution in [0.1, 0.15) is 24.2 Å². The number of rotatable bonds is 7. The smallest absolute Gasteiger partial charge is 0.152 e. The highest BCUT2D eigenvalue weighted by Gasteiger charge is 2.19. The predicted molar refractivity (Wildman–Crippen MR) is 95.9 cm³/mol. The summed E-state index contributed by atoms with van der Waals surface area (Å²) in [6, 6.07) is 4.56. The molecular formula is C18H29N5O. The first-order chi connectivity index (χ1) is 11.6. The van der Waals surface area contributed by atoms with Gasteiger partial charge in [-0.05, 0) is 59.1 Å². The van der Waals surface area contributed by atoms with E-state index in [0.717, 1.165) is 30.3 Å². The van der Waals surface area contributed by atoms with Gasteiger partial charge in [-0.25, -0.2) is 0 Å². The number of nitrogens with one attached hydrogen (secondary N) is 2. The minimum atomic E-state index is 0.585. The maximum absolute atomic E-state index is 5.71. The molecule has 1 fully saturated rings. The first-order valence-electron chi connectivity index (χ1n) is 8.81. The summed E-state index contributed by atoms with van der Waals surface area (Å²) >= 11 is 0. The summed E-state index contributed by atoms with van der Waals surface area (Å²) in [6.45, 7) is 7.46. The lowest BCUT2D eigenvalue weighted by Gasteiger charge is -2.33. The molecule has 0 aromatic carbocycles. The molecule has 0 radical (unpaired) electrons. The van der Waals surface area contributed by atoms with E-state index >= 15 is 0 Å². The molecule has 2 aromatic heterocycles. The van der Waals surface area contributed by atoms with Crippen LogP contribution in [0.2, 0.25) is 0 Å². The molecule has 2 N–H and O–H groups in total. The van der Waals surface area contributed by atoms with E-state index in [-0.39, 0.29) is 0 Å². The van der Waals surface area contributed by atoms with Crippen LogP contribution in [0, 0.1) is 6.92 Å². The van der Waals surface area contributed by atoms with Gasteiger partial charge >= 0.3 is 0 Å². The molecule has 0 saturated carbocycles. The topological polar surface area (TPSA) is 60.3 Å². The molecule has 0 unspecified atom stereocenters. The Labute approximate surface area is 144 Å². The molecule has 3 rings (SSSR count). The van der Waals surface area contributed by atoms with Crippen LogP contribution in [0.25, 0.3) is 11.5 Å². The van der Waals surface area contributed by atoms with E-state index in [1.807, 2.05) is 25.3 Å². The Bertz CT molecular complexity index is 625. The number of aromatic amines is 1. The maximum Gasteiger partial charge on any atom is 0.152 e. The Morgan fingerprint density at radius 1 is 1.33 bits per heavy atom. The number of nitrogens with zero attached hydrogens (tertiary/aromatic N) is 3. The van der Waals surface area contributed by atoms with Gasteiger partial charge in [0.2, 0.25) is 0 Å². The van der Waals surface area contributed by atoms with Crippen LogP contribution in [0.4, 0.5) is 0 Å². The van der Waals surface area contributed by atoms with Crippen LogP contribution in [0.5, 0.6) is 0 Å². The van der Waals surface area contributed by atoms with E-state index < -0.39 is 0 Å². The van der Waals surface area contributed by atoms with E-state index in [1.165, 1.54) is 38.0 Å². The lowest BCUT2D eigenvalue weighted by atomic mass is 10.0. The van der Waals surface area contributed by atoms with E-state index in [4.69, 9.17) is 4.42 Å². The summed E-state index contributed by atoms with van der Waals surface area (Å²) in [7, 11) is 4.27. The van der Waals surface area contributed by atoms with E-state index in [9.17, 15) is 0 Å². The second-order valence-electron chi connectivity index (χ2n) is 6.98. The van der Waals surface area contributed by atoms with Crippen molar-refractivity contribution < 1.29 is 4.42 Å². The summed E-state index contributed by atoms with van der Waals surface area (Å²) in [5.41, 5.74) is 2.15. The van der Waals surface area contributed by atoms with E-state index in [0.29, 0.717) is 6.04 Å². The van der Waals surface area contributed by atoms with Crippen LogP contribution in [-0.4, -0.2) is 66.3 Å². The number of piperidine rings is 1. The average molecular weight is 331 g/mol. The number of H-pyrrole nitrogens is 1. The van der Waals surface area contributed by atoms with Crippen molar-refractivity contribution in [3.8, 4) is 11.5 Å². The fourth-order valence-electron chi connectivity index (χ4n) is 3.18. The van der Waals surface area contributed by atoms with Crippen LogP contribution in [0.15, 0.2) is 22.7 Å². The van der Waals surface area contributed by atoms with Crippen LogP contribution < -0.4 is 5.32 Å². The Morgan fingerprint density at radius 3 is 2.79 bits per heavy atom. The largest absolute Gasteiger partial charge is 0.460 e. The summed E-state index contributed by atoms with van der Waals surface area (Å²) in [5, 5.41) is 10.9. The zero-order valence-electron chi connectivity index (χ0n) is 15.0. The molecule has 132 valence electrons. The van der Waals surface area contributed by atoms with Crippen molar-refractivity contribution >= 4 is 0 Å². The molecule has 2 aromatic rings. The van der Waals surface area contributed by atoms with Gasteiger partial charge in [0.05, 0.1) is 6.20 Å². The van der Waals surface area contributed by atoms with Crippen molar-refractivity contribution in [2.75, 3.05) is 40.3 Å². The number of aromatic nitrogens is 2. The molecule has 0 spiro atoms. The van der Waals surface area contributed by atoms with E-state index in [2.05, 4.69) is 39.4 Å². The molecule has 0 amide bonds. The Morgan fingerprint density at radius 2 is 2.12 bits per heavy atom. The van der Waals surface area contributed by atoms with Gasteiger partial charge in [0.25, 0.3) is 0 Å². The minimum absolute atomic E-state index is 0.585. The summed E-state index contributed by atoms with van der Waals surface area (Å²) in [4.78, 5) is 4.81. The Hall–Kier alpha value is -1.63. The molecule has 0 aliphatic carbocycles. The van der Waals surface area contributed by atoms with Crippen molar-refractivity contribution in [1.29, 1.82) is 0 Å². The summed E-state index contributed by atoms with van der Waals surface area (Å²) in [5.74, 6) is 1.78. The van der Waals surface area contributed by atoms with E-state index in [1.54, 1.807) is 0 Å². The number of likely N-dealkylation sites (N-methyl/N-ethyl adjacent to an activating group) is 1. The van der Waals surface area contributed by atoms with Gasteiger partial charge in [0.15, 0.2) is 5.76 Å². The number of aryl methyl sites for hydroxylation is 1. The average Bonchev–Trinajstić information content (AvgIpc) is 3.20. The number of hydrogen-bond acceptors (Lipinski definition) is 5. The van der Waals surface area contributed by atoms with Crippen LogP contribution in [-0.2, 0) is 6.54 Å². The summed E-state index contributed by atoms with van der Waals surface area (Å²) < 4.78 is 5.71. The van der Waals surface area contributed by atoms with Gasteiger partial charge in [-0.2, -0.15) is 5.10 Å². The Balaban J connectivity index is 1.47. The van der Waals surface area contributed by atoms with Gasteiger partial charge < -0.3 is 19.5 Å². The first kappa shape index (κ1) is 17.2. The SMILES string of the molecule is Cc1ccc(-c2[nH]ncc2CNC2CCN(CCN(C)C)CC2)o1. The quantitative estimate of drug-likeness (QED) is 0.813. The molecule has 3 heterocycles. The lowest BCUT2D eigenvalue weighted by Crippen LogP contribution is -2.44. The van der Waals surface area contributed by atoms with Crippen LogP contribution >= 0.6 is 0 Å². The predicted octanol–water partition coefficient (Wildman–Crippen LogP) is 2.09. The lowest BCUT2D eigenvalue weighted by molar-refractivity contribution is 0.182. The molecule has 0 bridgehead atoms. The third-order valence-electron chi connectivity index (χ3n) is 4.74. The van der Waals surface area contributed by atoms with Gasteiger partial charge in [-0.1, -0.05) is 0 Å². The standard InChI is InChI=1S/C18H29N5O/c1-14-4-5-17(24-14)18-15(13-20-21-18)12-19-16-6-8-23(9-7-16)11-10-22(2)3/h4-5,13,16,19H,6-12H2,1-3H3,(H,20,21). The molecule has 0 atom stereocenters. The second-order valence-corrected chi connectivity index (χ2v) is 6.98. The third-order valence-corrected chi connectivity index (χ3v) is 4.74. The zero-order valence-corrected chi connectivity index (χ0v) is 15.0. The van der Waals surface area contributed by atoms with Crippen molar-refractivity contribution in [3.63, 3.8) is 0 Å². The normalized spacial score (nSPS) is 17.0. The molecule has 6 heteroatoms. The number of hydrogen-bond donors (Lipinski definition) is 2. The van der Waals surface area contributed by atoms with Crippen molar-refractivity contribution in [2.24, 2.45) is 0 Å². The molecular weight excluding hydrogens is 302 g/mol. The van der Waals surface area contributed by atoms with Gasteiger partial charge in [-0.3, -0.25) is 5.10 Å². The van der Waals surface area contributed by atoms with Gasteiger partial charge in [0, 0.05) is 31.2 Å². The zero-order chi connectivity index (χ0) is 16.9. The van der Waals surface area contributed by atoms with Gasteiger partial charge in [-0.15, -0.1) is 0 Å². The Kier molecular flexibility index (Phi) is 5.71. The maximum atomic E-state index is 5.71. The monoisotopic (exact) mass is 331 g/mol. The first-order valence-corrected chi connectivity index (χ1v) is 8.81. The number of furan rings is 1. The molecule has 6 nitrogen and oxygen atoms in total. The highest BCUT2D eigenvalue weighted by Crippen LogP contribution is 2.23. The third kappa shape index (κ3) is 4.47. The van der Waals surface area contributed by atoms with Crippen molar-refractivity contribution in [1.82, 2.24) is 25.3 Å². The van der Waals surface area contributed by atoms with Crippen molar-refractivity contribution in [3.05, 3.63) is 29.7 Å². The van der Waals surface area contributed by atoms with Crippen molar-refractivity contribution in [2.45, 2.75) is 32.4 Å². The minimum Gasteiger partial charge on any atom is -0.460 e. The van der Waals surface area contributed by atoms with Crippen LogP contribution in [0.3, 0.4) is 0 Å². The summed E-state index contributed by atoms with van der Waals surface area (Å²) in [6.07, 6.45) is 4.31. The molecule has 24 heavy (non-hydrogen) atoms. The molecule has 1 aliphatic rings. The highest BCUT2D eigenvalue weighted by molar-refractivity contribution is 5.56. The number of likely N-dealkylation sites (tertiary alicyclic amines) is 1.